The molecule has 0 aliphatic carbocycles. The van der Waals surface area contributed by atoms with Crippen LogP contribution in [0.5, 0.6) is 5.75 Å². The van der Waals surface area contributed by atoms with Gasteiger partial charge < -0.3 is 9.64 Å². The Morgan fingerprint density at radius 1 is 1.05 bits per heavy atom. The van der Waals surface area contributed by atoms with Gasteiger partial charge in [0.2, 0.25) is 0 Å². The summed E-state index contributed by atoms with van der Waals surface area (Å²) in [6, 6.07) is 12.4. The smallest absolute Gasteiger partial charge is 0.128 e. The molecule has 1 saturated heterocycles. The Labute approximate surface area is 125 Å². The van der Waals surface area contributed by atoms with E-state index in [1.807, 2.05) is 12.3 Å². The molecule has 1 heterocycles. The minimum atomic E-state index is 0.867. The Kier molecular flexibility index (Phi) is 4.06. The number of fused-ring (bicyclic) bond motifs is 1. The first-order chi connectivity index (χ1) is 10.3. The second-order valence-electron chi connectivity index (χ2n) is 5.40. The fourth-order valence-corrected chi connectivity index (χ4v) is 2.64. The quantitative estimate of drug-likeness (QED) is 0.810. The third-order valence-electron chi connectivity index (χ3n) is 3.98. The van der Waals surface area contributed by atoms with Crippen molar-refractivity contribution in [1.29, 1.82) is 0 Å². The molecule has 2 aromatic rings. The first kappa shape index (κ1) is 13.9. The van der Waals surface area contributed by atoms with Gasteiger partial charge in [0.15, 0.2) is 0 Å². The zero-order chi connectivity index (χ0) is 14.7. The van der Waals surface area contributed by atoms with Crippen molar-refractivity contribution in [1.82, 2.24) is 9.91 Å². The highest BCUT2D eigenvalue weighted by molar-refractivity contribution is 6.02. The summed E-state index contributed by atoms with van der Waals surface area (Å²) in [5, 5.41) is 9.16. The lowest BCUT2D eigenvalue weighted by atomic mass is 10.0. The molecule has 1 aliphatic heterocycles. The summed E-state index contributed by atoms with van der Waals surface area (Å²) in [4.78, 5) is 2.32. The molecule has 0 amide bonds. The van der Waals surface area contributed by atoms with Gasteiger partial charge in [-0.3, -0.25) is 5.01 Å². The van der Waals surface area contributed by atoms with Crippen LogP contribution in [0.4, 0.5) is 0 Å². The van der Waals surface area contributed by atoms with Gasteiger partial charge in [0.05, 0.1) is 13.3 Å². The predicted octanol–water partition coefficient (Wildman–Crippen LogP) is 2.43. The van der Waals surface area contributed by atoms with Gasteiger partial charge in [-0.25, -0.2) is 0 Å². The average molecular weight is 283 g/mol. The summed E-state index contributed by atoms with van der Waals surface area (Å²) in [6.45, 7) is 4.06. The molecular formula is C17H21N3O. The van der Waals surface area contributed by atoms with Gasteiger partial charge in [0.25, 0.3) is 0 Å². The van der Waals surface area contributed by atoms with E-state index in [0.29, 0.717) is 0 Å². The Balaban J connectivity index is 1.91. The van der Waals surface area contributed by atoms with Gasteiger partial charge in [0, 0.05) is 31.7 Å². The van der Waals surface area contributed by atoms with Crippen LogP contribution in [0.2, 0.25) is 0 Å². The number of hydrogen-bond donors (Lipinski definition) is 0. The van der Waals surface area contributed by atoms with Gasteiger partial charge in [-0.15, -0.1) is 0 Å². The maximum atomic E-state index is 5.49. The van der Waals surface area contributed by atoms with Crippen molar-refractivity contribution in [2.45, 2.75) is 0 Å². The lowest BCUT2D eigenvalue weighted by Gasteiger charge is -2.30. The van der Waals surface area contributed by atoms with E-state index in [1.165, 1.54) is 10.8 Å². The molecule has 4 heteroatoms. The summed E-state index contributed by atoms with van der Waals surface area (Å²) in [5.74, 6) is 0.867. The van der Waals surface area contributed by atoms with Crippen LogP contribution < -0.4 is 4.74 Å². The minimum absolute atomic E-state index is 0.867. The monoisotopic (exact) mass is 283 g/mol. The van der Waals surface area contributed by atoms with E-state index < -0.39 is 0 Å². The Bertz CT molecular complexity index is 646. The normalized spacial score (nSPS) is 16.8. The van der Waals surface area contributed by atoms with E-state index in [1.54, 1.807) is 7.11 Å². The Hall–Kier alpha value is -2.07. The van der Waals surface area contributed by atoms with Gasteiger partial charge in [0.1, 0.15) is 5.75 Å². The molecule has 0 unspecified atom stereocenters. The zero-order valence-electron chi connectivity index (χ0n) is 12.6. The van der Waals surface area contributed by atoms with E-state index in [9.17, 15) is 0 Å². The van der Waals surface area contributed by atoms with Crippen molar-refractivity contribution in [3.8, 4) is 5.75 Å². The lowest BCUT2D eigenvalue weighted by Crippen LogP contribution is -2.41. The molecule has 21 heavy (non-hydrogen) atoms. The second kappa shape index (κ2) is 6.14. The predicted molar refractivity (Wildman–Crippen MR) is 87.2 cm³/mol. The number of hydrazone groups is 1. The first-order valence-corrected chi connectivity index (χ1v) is 7.31. The number of benzene rings is 2. The van der Waals surface area contributed by atoms with Crippen molar-refractivity contribution in [3.63, 3.8) is 0 Å². The highest BCUT2D eigenvalue weighted by Gasteiger charge is 2.12. The van der Waals surface area contributed by atoms with Crippen molar-refractivity contribution in [2.24, 2.45) is 5.10 Å². The zero-order valence-corrected chi connectivity index (χ0v) is 12.6. The topological polar surface area (TPSA) is 28.1 Å². The van der Waals surface area contributed by atoms with Gasteiger partial charge >= 0.3 is 0 Å². The molecule has 0 atom stereocenters. The van der Waals surface area contributed by atoms with Crippen molar-refractivity contribution >= 4 is 17.0 Å². The van der Waals surface area contributed by atoms with Crippen LogP contribution in [0, 0.1) is 0 Å². The molecular weight excluding hydrogens is 262 g/mol. The summed E-state index contributed by atoms with van der Waals surface area (Å²) < 4.78 is 5.49. The third-order valence-corrected chi connectivity index (χ3v) is 3.98. The minimum Gasteiger partial charge on any atom is -0.496 e. The van der Waals surface area contributed by atoms with Crippen LogP contribution in [0.25, 0.3) is 10.8 Å². The average Bonchev–Trinajstić information content (AvgIpc) is 2.54. The van der Waals surface area contributed by atoms with E-state index in [4.69, 9.17) is 4.74 Å². The fourth-order valence-electron chi connectivity index (χ4n) is 2.64. The molecule has 1 aliphatic rings. The Morgan fingerprint density at radius 2 is 1.81 bits per heavy atom. The van der Waals surface area contributed by atoms with Gasteiger partial charge in [-0.1, -0.05) is 30.3 Å². The van der Waals surface area contributed by atoms with Crippen LogP contribution in [0.1, 0.15) is 5.56 Å². The van der Waals surface area contributed by atoms with E-state index in [2.05, 4.69) is 52.4 Å². The molecule has 2 aromatic carbocycles. The molecule has 0 N–H and O–H groups in total. The van der Waals surface area contributed by atoms with Crippen molar-refractivity contribution in [3.05, 3.63) is 42.0 Å². The fraction of sp³-hybridized carbons (Fsp3) is 0.353. The molecule has 0 bridgehead atoms. The molecule has 1 fully saturated rings. The number of ether oxygens (including phenoxy) is 1. The third kappa shape index (κ3) is 3.00. The SMILES string of the molecule is COc1ccc2ccccc2c1/C=N\N1CCN(C)CC1. The number of piperazine rings is 1. The number of rotatable bonds is 3. The summed E-state index contributed by atoms with van der Waals surface area (Å²) in [6.07, 6.45) is 1.94. The number of methoxy groups -OCH3 is 1. The van der Waals surface area contributed by atoms with E-state index in [0.717, 1.165) is 37.5 Å². The highest BCUT2D eigenvalue weighted by atomic mass is 16.5. The maximum Gasteiger partial charge on any atom is 0.128 e. The molecule has 0 aromatic heterocycles. The summed E-state index contributed by atoms with van der Waals surface area (Å²) >= 11 is 0. The number of hydrogen-bond acceptors (Lipinski definition) is 4. The standard InChI is InChI=1S/C17H21N3O/c1-19-9-11-20(12-10-19)18-13-16-15-6-4-3-5-14(15)7-8-17(16)21-2/h3-8,13H,9-12H2,1-2H3/b18-13-. The second-order valence-corrected chi connectivity index (χ2v) is 5.40. The van der Waals surface area contributed by atoms with Crippen LogP contribution in [-0.2, 0) is 0 Å². The maximum absolute atomic E-state index is 5.49. The summed E-state index contributed by atoms with van der Waals surface area (Å²) in [5.41, 5.74) is 1.05. The van der Waals surface area contributed by atoms with Crippen LogP contribution >= 0.6 is 0 Å². The molecule has 3 rings (SSSR count). The number of likely N-dealkylation sites (N-methyl/N-ethyl adjacent to an activating group) is 1. The van der Waals surface area contributed by atoms with E-state index >= 15 is 0 Å². The lowest BCUT2D eigenvalue weighted by molar-refractivity contribution is 0.159. The molecule has 0 radical (unpaired) electrons. The van der Waals surface area contributed by atoms with Crippen molar-refractivity contribution in [2.75, 3.05) is 40.3 Å². The Morgan fingerprint density at radius 3 is 2.57 bits per heavy atom. The van der Waals surface area contributed by atoms with Gasteiger partial charge in [-0.2, -0.15) is 5.10 Å². The first-order valence-electron chi connectivity index (χ1n) is 7.31. The van der Waals surface area contributed by atoms with E-state index in [-0.39, 0.29) is 0 Å². The van der Waals surface area contributed by atoms with Crippen LogP contribution in [-0.4, -0.2) is 56.5 Å². The molecule has 4 nitrogen and oxygen atoms in total. The molecule has 0 saturated carbocycles. The molecule has 110 valence electrons. The molecule has 0 spiro atoms. The van der Waals surface area contributed by atoms with Gasteiger partial charge in [-0.05, 0) is 23.9 Å². The number of nitrogens with zero attached hydrogens (tertiary/aromatic N) is 3. The highest BCUT2D eigenvalue weighted by Crippen LogP contribution is 2.26. The summed E-state index contributed by atoms with van der Waals surface area (Å²) in [7, 11) is 3.85. The van der Waals surface area contributed by atoms with Crippen LogP contribution in [0.15, 0.2) is 41.5 Å². The van der Waals surface area contributed by atoms with Crippen molar-refractivity contribution < 1.29 is 4.74 Å². The van der Waals surface area contributed by atoms with Crippen LogP contribution in [0.3, 0.4) is 0 Å². The largest absolute Gasteiger partial charge is 0.496 e.